The van der Waals surface area contributed by atoms with Crippen molar-refractivity contribution in [3.63, 3.8) is 0 Å². The van der Waals surface area contributed by atoms with Crippen LogP contribution in [-0.4, -0.2) is 28.6 Å². The number of ether oxygens (including phenoxy) is 1. The third kappa shape index (κ3) is 1.76. The van der Waals surface area contributed by atoms with E-state index in [-0.39, 0.29) is 6.04 Å². The molecule has 1 aliphatic rings. The lowest BCUT2D eigenvalue weighted by atomic mass is 9.92. The molecular formula is C13H16N4O. The van der Waals surface area contributed by atoms with Crippen LogP contribution in [0.1, 0.15) is 22.9 Å². The van der Waals surface area contributed by atoms with Crippen LogP contribution in [0.2, 0.25) is 0 Å². The summed E-state index contributed by atoms with van der Waals surface area (Å²) in [5, 5.41) is 11.5. The number of nitrogens with zero attached hydrogens (tertiary/aromatic N) is 3. The zero-order valence-electron chi connectivity index (χ0n) is 10.6. The van der Waals surface area contributed by atoms with E-state index in [4.69, 9.17) is 4.74 Å². The summed E-state index contributed by atoms with van der Waals surface area (Å²) in [5.74, 6) is 0.887. The van der Waals surface area contributed by atoms with Crippen molar-refractivity contribution in [2.24, 2.45) is 7.05 Å². The van der Waals surface area contributed by atoms with Gasteiger partial charge in [0.25, 0.3) is 0 Å². The Bertz CT molecular complexity index is 564. The number of aryl methyl sites for hydroxylation is 1. The first-order valence-corrected chi connectivity index (χ1v) is 6.04. The number of rotatable bonds is 2. The van der Waals surface area contributed by atoms with Gasteiger partial charge >= 0.3 is 0 Å². The average molecular weight is 244 g/mol. The monoisotopic (exact) mass is 244 g/mol. The summed E-state index contributed by atoms with van der Waals surface area (Å²) in [7, 11) is 3.61. The molecule has 1 atom stereocenters. The molecule has 2 aromatic rings. The van der Waals surface area contributed by atoms with E-state index in [0.717, 1.165) is 24.4 Å². The second-order valence-corrected chi connectivity index (χ2v) is 4.48. The van der Waals surface area contributed by atoms with E-state index in [9.17, 15) is 0 Å². The molecule has 3 rings (SSSR count). The Balaban J connectivity index is 2.08. The van der Waals surface area contributed by atoms with E-state index in [2.05, 4.69) is 27.8 Å². The predicted octanol–water partition coefficient (Wildman–Crippen LogP) is 1.06. The molecule has 1 aromatic heterocycles. The van der Waals surface area contributed by atoms with Gasteiger partial charge in [0.1, 0.15) is 5.75 Å². The summed E-state index contributed by atoms with van der Waals surface area (Å²) < 4.78 is 7.12. The normalized spacial score (nSPS) is 18.4. The zero-order chi connectivity index (χ0) is 12.5. The first-order valence-electron chi connectivity index (χ1n) is 6.04. The highest BCUT2D eigenvalue weighted by atomic mass is 16.5. The summed E-state index contributed by atoms with van der Waals surface area (Å²) in [6.45, 7) is 0.967. The molecule has 0 aliphatic carbocycles. The lowest BCUT2D eigenvalue weighted by Crippen LogP contribution is -2.31. The number of hydrogen-bond donors (Lipinski definition) is 1. The van der Waals surface area contributed by atoms with Gasteiger partial charge in [-0.3, -0.25) is 4.68 Å². The van der Waals surface area contributed by atoms with Gasteiger partial charge in [-0.1, -0.05) is 11.3 Å². The Morgan fingerprint density at radius 2 is 2.33 bits per heavy atom. The largest absolute Gasteiger partial charge is 0.497 e. The minimum atomic E-state index is 0.142. The summed E-state index contributed by atoms with van der Waals surface area (Å²) in [6, 6.07) is 6.40. The van der Waals surface area contributed by atoms with Gasteiger partial charge < -0.3 is 10.1 Å². The lowest BCUT2D eigenvalue weighted by Gasteiger charge is -2.27. The van der Waals surface area contributed by atoms with Crippen LogP contribution in [0.4, 0.5) is 0 Å². The fraction of sp³-hybridized carbons (Fsp3) is 0.385. The van der Waals surface area contributed by atoms with Gasteiger partial charge in [-0.15, -0.1) is 5.10 Å². The molecule has 0 saturated heterocycles. The van der Waals surface area contributed by atoms with Crippen molar-refractivity contribution in [3.8, 4) is 5.75 Å². The Hall–Kier alpha value is -1.88. The molecule has 1 aliphatic heterocycles. The number of aromatic nitrogens is 3. The molecule has 1 N–H and O–H groups in total. The molecule has 0 saturated carbocycles. The smallest absolute Gasteiger partial charge is 0.119 e. The van der Waals surface area contributed by atoms with Crippen molar-refractivity contribution >= 4 is 0 Å². The topological polar surface area (TPSA) is 52.0 Å². The van der Waals surface area contributed by atoms with E-state index >= 15 is 0 Å². The molecule has 0 fully saturated rings. The molecule has 1 aromatic carbocycles. The zero-order valence-corrected chi connectivity index (χ0v) is 10.6. The Morgan fingerprint density at radius 3 is 3.06 bits per heavy atom. The minimum Gasteiger partial charge on any atom is -0.497 e. The van der Waals surface area contributed by atoms with E-state index in [1.165, 1.54) is 11.1 Å². The summed E-state index contributed by atoms with van der Waals surface area (Å²) in [5.41, 5.74) is 3.69. The Kier molecular flexibility index (Phi) is 2.76. The van der Waals surface area contributed by atoms with Crippen LogP contribution in [0, 0.1) is 0 Å². The first-order chi connectivity index (χ1) is 8.79. The van der Waals surface area contributed by atoms with E-state index in [0.29, 0.717) is 0 Å². The highest BCUT2D eigenvalue weighted by Gasteiger charge is 2.24. The highest BCUT2D eigenvalue weighted by molar-refractivity contribution is 5.42. The van der Waals surface area contributed by atoms with E-state index in [1.807, 2.05) is 24.0 Å². The van der Waals surface area contributed by atoms with Crippen LogP contribution in [0.25, 0.3) is 0 Å². The average Bonchev–Trinajstić information content (AvgIpc) is 2.83. The number of benzene rings is 1. The van der Waals surface area contributed by atoms with Gasteiger partial charge in [0.2, 0.25) is 0 Å². The van der Waals surface area contributed by atoms with Crippen LogP contribution < -0.4 is 10.1 Å². The number of methoxy groups -OCH3 is 1. The summed E-state index contributed by atoms with van der Waals surface area (Å²) >= 11 is 0. The molecule has 0 bridgehead atoms. The van der Waals surface area contributed by atoms with Gasteiger partial charge in [-0.05, 0) is 29.7 Å². The highest BCUT2D eigenvalue weighted by Crippen LogP contribution is 2.30. The summed E-state index contributed by atoms with van der Waals surface area (Å²) in [6.07, 6.45) is 2.85. The molecule has 94 valence electrons. The molecule has 0 spiro atoms. The fourth-order valence-electron chi connectivity index (χ4n) is 2.48. The van der Waals surface area contributed by atoms with E-state index in [1.54, 1.807) is 7.11 Å². The lowest BCUT2D eigenvalue weighted by molar-refractivity contribution is 0.412. The quantitative estimate of drug-likeness (QED) is 0.858. The first kappa shape index (κ1) is 11.2. The number of fused-ring (bicyclic) bond motifs is 1. The maximum Gasteiger partial charge on any atom is 0.119 e. The number of hydrogen-bond acceptors (Lipinski definition) is 4. The Morgan fingerprint density at radius 1 is 1.44 bits per heavy atom. The molecule has 2 heterocycles. The molecular weight excluding hydrogens is 228 g/mol. The maximum absolute atomic E-state index is 5.31. The van der Waals surface area contributed by atoms with Gasteiger partial charge in [-0.25, -0.2) is 0 Å². The van der Waals surface area contributed by atoms with Gasteiger partial charge in [0.05, 0.1) is 25.0 Å². The summed E-state index contributed by atoms with van der Waals surface area (Å²) in [4.78, 5) is 0. The van der Waals surface area contributed by atoms with Crippen molar-refractivity contribution in [1.82, 2.24) is 20.3 Å². The van der Waals surface area contributed by atoms with Crippen molar-refractivity contribution in [1.29, 1.82) is 0 Å². The molecule has 18 heavy (non-hydrogen) atoms. The fourth-order valence-corrected chi connectivity index (χ4v) is 2.48. The van der Waals surface area contributed by atoms with Crippen LogP contribution >= 0.6 is 0 Å². The van der Waals surface area contributed by atoms with Crippen LogP contribution in [0.15, 0.2) is 24.4 Å². The van der Waals surface area contributed by atoms with Crippen LogP contribution in [0.3, 0.4) is 0 Å². The van der Waals surface area contributed by atoms with Crippen molar-refractivity contribution in [3.05, 3.63) is 41.2 Å². The van der Waals surface area contributed by atoms with Crippen LogP contribution in [0.5, 0.6) is 5.75 Å². The SMILES string of the molecule is COc1ccc2c(c1)C(c1cnnn1C)NCC2. The van der Waals surface area contributed by atoms with Gasteiger partial charge in [0.15, 0.2) is 0 Å². The van der Waals surface area contributed by atoms with Crippen LogP contribution in [-0.2, 0) is 13.5 Å². The molecule has 1 unspecified atom stereocenters. The van der Waals surface area contributed by atoms with Crippen molar-refractivity contribution in [2.45, 2.75) is 12.5 Å². The molecule has 0 amide bonds. The molecule has 5 nitrogen and oxygen atoms in total. The predicted molar refractivity (Wildman–Crippen MR) is 67.5 cm³/mol. The van der Waals surface area contributed by atoms with Gasteiger partial charge in [-0.2, -0.15) is 0 Å². The third-order valence-corrected chi connectivity index (χ3v) is 3.45. The minimum absolute atomic E-state index is 0.142. The van der Waals surface area contributed by atoms with Crippen molar-refractivity contribution < 1.29 is 4.74 Å². The third-order valence-electron chi connectivity index (χ3n) is 3.45. The molecule has 0 radical (unpaired) electrons. The second kappa shape index (κ2) is 4.42. The van der Waals surface area contributed by atoms with E-state index < -0.39 is 0 Å². The molecule has 5 heteroatoms. The van der Waals surface area contributed by atoms with Crippen molar-refractivity contribution in [2.75, 3.05) is 13.7 Å². The Labute approximate surface area is 106 Å². The maximum atomic E-state index is 5.31. The number of nitrogens with one attached hydrogen (secondary N) is 1. The second-order valence-electron chi connectivity index (χ2n) is 4.48. The standard InChI is InChI=1S/C13H16N4O/c1-17-12(8-15-16-17)13-11-7-10(18-2)4-3-9(11)5-6-14-13/h3-4,7-8,13-14H,5-6H2,1-2H3. The van der Waals surface area contributed by atoms with Gasteiger partial charge in [0, 0.05) is 13.6 Å².